The number of nitrogens with zero attached hydrogens (tertiary/aromatic N) is 3. The first-order chi connectivity index (χ1) is 10.7. The molecule has 114 valence electrons. The number of aliphatic hydroxyl groups excluding tert-OH is 1. The minimum Gasteiger partial charge on any atom is -0.497 e. The molecule has 2 aromatic heterocycles. The van der Waals surface area contributed by atoms with Gasteiger partial charge in [0.15, 0.2) is 5.65 Å². The minimum absolute atomic E-state index is 0.146. The Morgan fingerprint density at radius 3 is 2.68 bits per heavy atom. The fraction of sp³-hybridized carbons (Fsp3) is 0.294. The first-order valence-electron chi connectivity index (χ1n) is 7.31. The monoisotopic (exact) mass is 297 g/mol. The van der Waals surface area contributed by atoms with Crippen molar-refractivity contribution in [2.75, 3.05) is 13.7 Å². The standard InChI is InChI=1S/C17H19N3O2/c1-12-10-15-17(18-11-12)20(8-3-9-21)16(19-15)13-4-6-14(22-2)7-5-13/h4-7,10-11,21H,3,8-9H2,1-2H3. The van der Waals surface area contributed by atoms with Crippen LogP contribution < -0.4 is 4.74 Å². The van der Waals surface area contributed by atoms with Crippen LogP contribution in [0.5, 0.6) is 5.75 Å². The molecule has 3 rings (SSSR count). The molecule has 0 aliphatic carbocycles. The number of methoxy groups -OCH3 is 1. The van der Waals surface area contributed by atoms with E-state index in [0.717, 1.165) is 33.9 Å². The molecule has 0 fully saturated rings. The first-order valence-corrected chi connectivity index (χ1v) is 7.31. The van der Waals surface area contributed by atoms with Gasteiger partial charge in [0.25, 0.3) is 0 Å². The highest BCUT2D eigenvalue weighted by molar-refractivity contribution is 5.77. The van der Waals surface area contributed by atoms with Crippen molar-refractivity contribution in [2.45, 2.75) is 19.9 Å². The summed E-state index contributed by atoms with van der Waals surface area (Å²) in [6, 6.07) is 9.85. The summed E-state index contributed by atoms with van der Waals surface area (Å²) in [5, 5.41) is 9.14. The lowest BCUT2D eigenvalue weighted by Gasteiger charge is -2.08. The van der Waals surface area contributed by atoms with Crippen LogP contribution in [0.4, 0.5) is 0 Å². The fourth-order valence-electron chi connectivity index (χ4n) is 2.51. The summed E-state index contributed by atoms with van der Waals surface area (Å²) in [4.78, 5) is 9.24. The summed E-state index contributed by atoms with van der Waals surface area (Å²) in [5.74, 6) is 1.68. The lowest BCUT2D eigenvalue weighted by atomic mass is 10.2. The van der Waals surface area contributed by atoms with Crippen LogP contribution in [0, 0.1) is 6.92 Å². The molecule has 1 N–H and O–H groups in total. The van der Waals surface area contributed by atoms with E-state index in [0.29, 0.717) is 13.0 Å². The minimum atomic E-state index is 0.146. The molecule has 0 bridgehead atoms. The second-order valence-corrected chi connectivity index (χ2v) is 5.25. The average molecular weight is 297 g/mol. The van der Waals surface area contributed by atoms with Crippen LogP contribution in [0.3, 0.4) is 0 Å². The second kappa shape index (κ2) is 6.15. The number of rotatable bonds is 5. The molecule has 0 radical (unpaired) electrons. The number of imidazole rings is 1. The van der Waals surface area contributed by atoms with Crippen molar-refractivity contribution in [3.05, 3.63) is 42.1 Å². The van der Waals surface area contributed by atoms with E-state index in [1.807, 2.05) is 43.5 Å². The van der Waals surface area contributed by atoms with Gasteiger partial charge >= 0.3 is 0 Å². The van der Waals surface area contributed by atoms with Crippen LogP contribution in [-0.4, -0.2) is 33.4 Å². The van der Waals surface area contributed by atoms with Gasteiger partial charge in [0.05, 0.1) is 7.11 Å². The molecule has 5 heteroatoms. The van der Waals surface area contributed by atoms with Crippen molar-refractivity contribution >= 4 is 11.2 Å². The van der Waals surface area contributed by atoms with Crippen molar-refractivity contribution in [1.82, 2.24) is 14.5 Å². The van der Waals surface area contributed by atoms with Gasteiger partial charge in [-0.1, -0.05) is 0 Å². The largest absolute Gasteiger partial charge is 0.497 e. The fourth-order valence-corrected chi connectivity index (χ4v) is 2.51. The van der Waals surface area contributed by atoms with Gasteiger partial charge in [0, 0.05) is 24.9 Å². The Kier molecular flexibility index (Phi) is 4.06. The topological polar surface area (TPSA) is 60.2 Å². The Balaban J connectivity index is 2.13. The smallest absolute Gasteiger partial charge is 0.160 e. The average Bonchev–Trinajstić information content (AvgIpc) is 2.90. The zero-order chi connectivity index (χ0) is 15.5. The molecule has 1 aromatic carbocycles. The van der Waals surface area contributed by atoms with Gasteiger partial charge in [-0.3, -0.25) is 0 Å². The summed E-state index contributed by atoms with van der Waals surface area (Å²) < 4.78 is 7.26. The highest BCUT2D eigenvalue weighted by atomic mass is 16.5. The lowest BCUT2D eigenvalue weighted by molar-refractivity contribution is 0.280. The molecule has 5 nitrogen and oxygen atoms in total. The second-order valence-electron chi connectivity index (χ2n) is 5.25. The van der Waals surface area contributed by atoms with Crippen LogP contribution in [0.15, 0.2) is 36.5 Å². The van der Waals surface area contributed by atoms with Crippen LogP contribution in [0.2, 0.25) is 0 Å². The third-order valence-electron chi connectivity index (χ3n) is 3.61. The molecule has 0 saturated heterocycles. The number of aliphatic hydroxyl groups is 1. The van der Waals surface area contributed by atoms with Crippen molar-refractivity contribution in [2.24, 2.45) is 0 Å². The van der Waals surface area contributed by atoms with E-state index in [2.05, 4.69) is 9.55 Å². The maximum atomic E-state index is 9.14. The number of aryl methyl sites for hydroxylation is 2. The van der Waals surface area contributed by atoms with Crippen molar-refractivity contribution in [3.8, 4) is 17.1 Å². The zero-order valence-corrected chi connectivity index (χ0v) is 12.8. The Morgan fingerprint density at radius 2 is 2.00 bits per heavy atom. The third-order valence-corrected chi connectivity index (χ3v) is 3.61. The van der Waals surface area contributed by atoms with Gasteiger partial charge in [-0.2, -0.15) is 0 Å². The van der Waals surface area contributed by atoms with E-state index in [1.54, 1.807) is 7.11 Å². The summed E-state index contributed by atoms with van der Waals surface area (Å²) in [5.41, 5.74) is 3.82. The van der Waals surface area contributed by atoms with E-state index >= 15 is 0 Å². The number of hydrogen-bond acceptors (Lipinski definition) is 4. The van der Waals surface area contributed by atoms with E-state index in [9.17, 15) is 0 Å². The molecule has 0 spiro atoms. The van der Waals surface area contributed by atoms with Gasteiger partial charge in [-0.15, -0.1) is 0 Å². The van der Waals surface area contributed by atoms with Gasteiger partial charge in [0.1, 0.15) is 17.1 Å². The van der Waals surface area contributed by atoms with Crippen LogP contribution >= 0.6 is 0 Å². The van der Waals surface area contributed by atoms with E-state index in [1.165, 1.54) is 0 Å². The van der Waals surface area contributed by atoms with Gasteiger partial charge in [-0.05, 0) is 49.2 Å². The Labute approximate surface area is 129 Å². The normalized spacial score (nSPS) is 11.0. The summed E-state index contributed by atoms with van der Waals surface area (Å²) in [7, 11) is 1.65. The highest BCUT2D eigenvalue weighted by Crippen LogP contribution is 2.26. The Bertz CT molecular complexity index is 778. The molecule has 0 atom stereocenters. The highest BCUT2D eigenvalue weighted by Gasteiger charge is 2.13. The van der Waals surface area contributed by atoms with E-state index in [-0.39, 0.29) is 6.61 Å². The number of ether oxygens (including phenoxy) is 1. The SMILES string of the molecule is COc1ccc(-c2nc3cc(C)cnc3n2CCCO)cc1. The predicted molar refractivity (Wildman–Crippen MR) is 86.0 cm³/mol. The molecule has 0 aliphatic heterocycles. The van der Waals surface area contributed by atoms with Gasteiger partial charge in [0.2, 0.25) is 0 Å². The molecule has 0 amide bonds. The van der Waals surface area contributed by atoms with Crippen molar-refractivity contribution in [1.29, 1.82) is 0 Å². The van der Waals surface area contributed by atoms with Crippen molar-refractivity contribution in [3.63, 3.8) is 0 Å². The summed E-state index contributed by atoms with van der Waals surface area (Å²) in [6.07, 6.45) is 2.52. The molecule has 3 aromatic rings. The number of fused-ring (bicyclic) bond motifs is 1. The zero-order valence-electron chi connectivity index (χ0n) is 12.8. The number of hydrogen-bond donors (Lipinski definition) is 1. The molecule has 0 saturated carbocycles. The van der Waals surface area contributed by atoms with Gasteiger partial charge in [-0.25, -0.2) is 9.97 Å². The van der Waals surface area contributed by atoms with Crippen LogP contribution in [-0.2, 0) is 6.54 Å². The molecule has 0 unspecified atom stereocenters. The number of aromatic nitrogens is 3. The number of benzene rings is 1. The maximum Gasteiger partial charge on any atom is 0.160 e. The quantitative estimate of drug-likeness (QED) is 0.786. The Morgan fingerprint density at radius 1 is 1.23 bits per heavy atom. The summed E-state index contributed by atoms with van der Waals surface area (Å²) >= 11 is 0. The number of pyridine rings is 1. The summed E-state index contributed by atoms with van der Waals surface area (Å²) in [6.45, 7) is 2.84. The molecular weight excluding hydrogens is 278 g/mol. The molecular formula is C17H19N3O2. The maximum absolute atomic E-state index is 9.14. The van der Waals surface area contributed by atoms with Gasteiger partial charge < -0.3 is 14.4 Å². The van der Waals surface area contributed by atoms with E-state index < -0.39 is 0 Å². The van der Waals surface area contributed by atoms with E-state index in [4.69, 9.17) is 14.8 Å². The predicted octanol–water partition coefficient (Wildman–Crippen LogP) is 2.80. The van der Waals surface area contributed by atoms with Crippen molar-refractivity contribution < 1.29 is 9.84 Å². The molecule has 2 heterocycles. The van der Waals surface area contributed by atoms with Crippen LogP contribution in [0.25, 0.3) is 22.6 Å². The molecule has 0 aliphatic rings. The Hall–Kier alpha value is -2.40. The lowest BCUT2D eigenvalue weighted by Crippen LogP contribution is -2.03. The third kappa shape index (κ3) is 2.67. The first kappa shape index (κ1) is 14.5. The van der Waals surface area contributed by atoms with Crippen LogP contribution in [0.1, 0.15) is 12.0 Å². The molecule has 22 heavy (non-hydrogen) atoms.